The highest BCUT2D eigenvalue weighted by Gasteiger charge is 2.38. The Hall–Kier alpha value is -2.10. The number of hydrogen-bond acceptors (Lipinski definition) is 2. The molecule has 0 saturated heterocycles. The molecule has 1 N–H and O–H groups in total. The van der Waals surface area contributed by atoms with Gasteiger partial charge >= 0.3 is 5.97 Å². The zero-order valence-electron chi connectivity index (χ0n) is 11.7. The molecule has 0 radical (unpaired) electrons. The lowest BCUT2D eigenvalue weighted by Crippen LogP contribution is -2.34. The van der Waals surface area contributed by atoms with E-state index in [1.165, 1.54) is 17.3 Å². The van der Waals surface area contributed by atoms with Crippen molar-refractivity contribution >= 4 is 5.97 Å². The van der Waals surface area contributed by atoms with Gasteiger partial charge < -0.3 is 9.67 Å². The Bertz CT molecular complexity index is 658. The van der Waals surface area contributed by atoms with E-state index in [2.05, 4.69) is 31.0 Å². The summed E-state index contributed by atoms with van der Waals surface area (Å²) in [5, 5.41) is 9.34. The second kappa shape index (κ2) is 4.47. The number of carboxylic acid groups (broad SMARTS) is 1. The van der Waals surface area contributed by atoms with Gasteiger partial charge in [-0.05, 0) is 29.4 Å². The highest BCUT2D eigenvalue weighted by atomic mass is 16.4. The molecule has 1 aliphatic rings. The summed E-state index contributed by atoms with van der Waals surface area (Å²) < 4.78 is 1.81. The van der Waals surface area contributed by atoms with Gasteiger partial charge in [0, 0.05) is 0 Å². The van der Waals surface area contributed by atoms with Crippen LogP contribution < -0.4 is 0 Å². The Kier molecular flexibility index (Phi) is 2.89. The van der Waals surface area contributed by atoms with Crippen LogP contribution in [-0.4, -0.2) is 20.6 Å². The van der Waals surface area contributed by atoms with E-state index in [0.717, 1.165) is 12.8 Å². The molecule has 3 rings (SSSR count). The third-order valence-corrected chi connectivity index (χ3v) is 4.29. The Morgan fingerprint density at radius 2 is 2.15 bits per heavy atom. The topological polar surface area (TPSA) is 55.1 Å². The van der Waals surface area contributed by atoms with Crippen molar-refractivity contribution in [1.82, 2.24) is 9.55 Å². The van der Waals surface area contributed by atoms with Gasteiger partial charge in [-0.15, -0.1) is 0 Å². The van der Waals surface area contributed by atoms with Crippen molar-refractivity contribution in [1.29, 1.82) is 0 Å². The number of fused-ring (bicyclic) bond motifs is 1. The maximum absolute atomic E-state index is 11.4. The molecule has 1 heterocycles. The second-order valence-corrected chi connectivity index (χ2v) is 6.08. The summed E-state index contributed by atoms with van der Waals surface area (Å²) in [6, 6.07) is 8.31. The fraction of sp³-hybridized carbons (Fsp3) is 0.375. The summed E-state index contributed by atoms with van der Waals surface area (Å²) in [5.74, 6) is -0.929. The largest absolute Gasteiger partial charge is 0.477 e. The molecule has 0 amide bonds. The predicted molar refractivity (Wildman–Crippen MR) is 75.9 cm³/mol. The monoisotopic (exact) mass is 270 g/mol. The molecule has 0 bridgehead atoms. The molecule has 4 heteroatoms. The first-order valence-electron chi connectivity index (χ1n) is 6.83. The van der Waals surface area contributed by atoms with E-state index in [0.29, 0.717) is 0 Å². The third kappa shape index (κ3) is 1.92. The number of aryl methyl sites for hydroxylation is 1. The Morgan fingerprint density at radius 1 is 1.40 bits per heavy atom. The number of benzene rings is 1. The highest BCUT2D eigenvalue weighted by molar-refractivity contribution is 5.85. The summed E-state index contributed by atoms with van der Waals surface area (Å²) >= 11 is 0. The van der Waals surface area contributed by atoms with Crippen LogP contribution in [0.25, 0.3) is 0 Å². The summed E-state index contributed by atoms with van der Waals surface area (Å²) in [7, 11) is 0. The van der Waals surface area contributed by atoms with Crippen molar-refractivity contribution in [2.24, 2.45) is 5.41 Å². The van der Waals surface area contributed by atoms with Crippen LogP contribution in [0.5, 0.6) is 0 Å². The van der Waals surface area contributed by atoms with E-state index in [4.69, 9.17) is 0 Å². The SMILES string of the molecule is CC1(C)CCc2ccccc2C1n1cncc1C(=O)O. The highest BCUT2D eigenvalue weighted by Crippen LogP contribution is 2.46. The molecule has 1 unspecified atom stereocenters. The van der Waals surface area contributed by atoms with Crippen LogP contribution in [-0.2, 0) is 6.42 Å². The quantitative estimate of drug-likeness (QED) is 0.912. The van der Waals surface area contributed by atoms with Crippen LogP contribution in [0.15, 0.2) is 36.8 Å². The van der Waals surface area contributed by atoms with Crippen molar-refractivity contribution < 1.29 is 9.90 Å². The first-order chi connectivity index (χ1) is 9.50. The van der Waals surface area contributed by atoms with E-state index in [1.54, 1.807) is 10.9 Å². The molecule has 0 saturated carbocycles. The predicted octanol–water partition coefficient (Wildman–Crippen LogP) is 3.14. The average Bonchev–Trinajstić information content (AvgIpc) is 2.86. The molecule has 104 valence electrons. The van der Waals surface area contributed by atoms with E-state index >= 15 is 0 Å². The van der Waals surface area contributed by atoms with E-state index in [1.807, 2.05) is 12.1 Å². The minimum Gasteiger partial charge on any atom is -0.477 e. The molecule has 1 aliphatic carbocycles. The number of aromatic carboxylic acids is 1. The van der Waals surface area contributed by atoms with Crippen LogP contribution in [0.1, 0.15) is 47.9 Å². The van der Waals surface area contributed by atoms with Crippen molar-refractivity contribution in [3.05, 3.63) is 53.6 Å². The molecule has 2 aromatic rings. The maximum Gasteiger partial charge on any atom is 0.354 e. The Labute approximate surface area is 118 Å². The molecule has 0 spiro atoms. The summed E-state index contributed by atoms with van der Waals surface area (Å²) in [6.07, 6.45) is 5.14. The normalized spacial score (nSPS) is 20.4. The van der Waals surface area contributed by atoms with Gasteiger partial charge in [-0.2, -0.15) is 0 Å². The molecule has 4 nitrogen and oxygen atoms in total. The van der Waals surface area contributed by atoms with Gasteiger partial charge in [0.25, 0.3) is 0 Å². The van der Waals surface area contributed by atoms with E-state index in [9.17, 15) is 9.90 Å². The van der Waals surface area contributed by atoms with Gasteiger partial charge in [0.1, 0.15) is 5.69 Å². The van der Waals surface area contributed by atoms with Crippen molar-refractivity contribution in [3.63, 3.8) is 0 Å². The Balaban J connectivity index is 2.19. The number of hydrogen-bond donors (Lipinski definition) is 1. The first kappa shape index (κ1) is 12.9. The average molecular weight is 270 g/mol. The van der Waals surface area contributed by atoms with Crippen LogP contribution >= 0.6 is 0 Å². The maximum atomic E-state index is 11.4. The first-order valence-corrected chi connectivity index (χ1v) is 6.83. The lowest BCUT2D eigenvalue weighted by atomic mass is 9.70. The minimum atomic E-state index is -0.929. The van der Waals surface area contributed by atoms with Gasteiger partial charge in [-0.25, -0.2) is 9.78 Å². The van der Waals surface area contributed by atoms with E-state index < -0.39 is 5.97 Å². The standard InChI is InChI=1S/C16H18N2O2/c1-16(2)8-7-11-5-3-4-6-12(11)14(16)18-10-17-9-13(18)15(19)20/h3-6,9-10,14H,7-8H2,1-2H3,(H,19,20). The Morgan fingerprint density at radius 3 is 2.90 bits per heavy atom. The molecule has 1 aromatic heterocycles. The van der Waals surface area contributed by atoms with Gasteiger partial charge in [0.2, 0.25) is 0 Å². The fourth-order valence-corrected chi connectivity index (χ4v) is 3.25. The van der Waals surface area contributed by atoms with Crippen molar-refractivity contribution in [2.75, 3.05) is 0 Å². The third-order valence-electron chi connectivity index (χ3n) is 4.29. The molecule has 0 aliphatic heterocycles. The van der Waals surface area contributed by atoms with Crippen LogP contribution in [0.4, 0.5) is 0 Å². The smallest absolute Gasteiger partial charge is 0.354 e. The van der Waals surface area contributed by atoms with Crippen LogP contribution in [0, 0.1) is 5.41 Å². The van der Waals surface area contributed by atoms with Crippen LogP contribution in [0.2, 0.25) is 0 Å². The lowest BCUT2D eigenvalue weighted by Gasteiger charge is -2.41. The molecule has 0 fully saturated rings. The summed E-state index contributed by atoms with van der Waals surface area (Å²) in [6.45, 7) is 4.39. The van der Waals surface area contributed by atoms with Gasteiger partial charge in [-0.1, -0.05) is 38.1 Å². The number of imidazole rings is 1. The van der Waals surface area contributed by atoms with Crippen molar-refractivity contribution in [2.45, 2.75) is 32.7 Å². The van der Waals surface area contributed by atoms with Crippen LogP contribution in [0.3, 0.4) is 0 Å². The number of nitrogens with zero attached hydrogens (tertiary/aromatic N) is 2. The summed E-state index contributed by atoms with van der Waals surface area (Å²) in [5.41, 5.74) is 2.77. The van der Waals surface area contributed by atoms with E-state index in [-0.39, 0.29) is 17.2 Å². The molecule has 1 atom stereocenters. The minimum absolute atomic E-state index is 0.000741. The zero-order chi connectivity index (χ0) is 14.3. The molecular formula is C16H18N2O2. The number of carboxylic acids is 1. The second-order valence-electron chi connectivity index (χ2n) is 6.08. The molecule has 20 heavy (non-hydrogen) atoms. The number of carbonyl (C=O) groups is 1. The lowest BCUT2D eigenvalue weighted by molar-refractivity contribution is 0.0677. The van der Waals surface area contributed by atoms with Gasteiger partial charge in [-0.3, -0.25) is 0 Å². The number of aromatic nitrogens is 2. The fourth-order valence-electron chi connectivity index (χ4n) is 3.25. The van der Waals surface area contributed by atoms with Crippen molar-refractivity contribution in [3.8, 4) is 0 Å². The number of rotatable bonds is 2. The van der Waals surface area contributed by atoms with Gasteiger partial charge in [0.05, 0.1) is 18.6 Å². The molecule has 1 aromatic carbocycles. The molecular weight excluding hydrogens is 252 g/mol. The zero-order valence-corrected chi connectivity index (χ0v) is 11.7. The van der Waals surface area contributed by atoms with Gasteiger partial charge in [0.15, 0.2) is 0 Å². The summed E-state index contributed by atoms with van der Waals surface area (Å²) in [4.78, 5) is 15.4.